The molecule has 4 heteroatoms. The van der Waals surface area contributed by atoms with Gasteiger partial charge in [-0.1, -0.05) is 91.0 Å². The summed E-state index contributed by atoms with van der Waals surface area (Å²) < 4.78 is 9.76. The van der Waals surface area contributed by atoms with Crippen LogP contribution in [0.15, 0.2) is 138 Å². The van der Waals surface area contributed by atoms with Crippen molar-refractivity contribution in [2.45, 2.75) is 0 Å². The van der Waals surface area contributed by atoms with Gasteiger partial charge in [-0.3, -0.25) is 0 Å². The van der Waals surface area contributed by atoms with Crippen molar-refractivity contribution in [3.63, 3.8) is 0 Å². The molecule has 0 aliphatic carbocycles. The van der Waals surface area contributed by atoms with Crippen LogP contribution >= 0.6 is 11.3 Å². The molecule has 0 fully saturated rings. The third-order valence-electron chi connectivity index (χ3n) is 8.83. The molecule has 10 aromatic rings. The van der Waals surface area contributed by atoms with E-state index in [9.17, 15) is 0 Å². The Morgan fingerprint density at radius 1 is 0.512 bits per heavy atom. The van der Waals surface area contributed by atoms with E-state index >= 15 is 0 Å². The molecule has 0 amide bonds. The van der Waals surface area contributed by atoms with Gasteiger partial charge in [0.2, 0.25) is 0 Å². The monoisotopic (exact) mass is 566 g/mol. The molecule has 0 spiro atoms. The summed E-state index contributed by atoms with van der Waals surface area (Å²) in [5.74, 6) is 0. The number of para-hydroxylation sites is 2. The van der Waals surface area contributed by atoms with E-state index in [1.807, 2.05) is 12.1 Å². The van der Waals surface area contributed by atoms with Crippen molar-refractivity contribution in [3.8, 4) is 16.3 Å². The minimum Gasteiger partial charge on any atom is -0.456 e. The fourth-order valence-electron chi connectivity index (χ4n) is 6.98. The molecular weight excluding hydrogens is 545 g/mol. The predicted molar refractivity (Wildman–Crippen MR) is 182 cm³/mol. The van der Waals surface area contributed by atoms with Crippen molar-refractivity contribution >= 4 is 86.8 Å². The van der Waals surface area contributed by atoms with Gasteiger partial charge in [-0.05, 0) is 58.6 Å². The Balaban J connectivity index is 1.26. The van der Waals surface area contributed by atoms with Crippen molar-refractivity contribution in [1.82, 2.24) is 9.55 Å². The zero-order chi connectivity index (χ0) is 28.1. The smallest absolute Gasteiger partial charge is 0.137 e. The van der Waals surface area contributed by atoms with Crippen LogP contribution in [0, 0.1) is 0 Å². The van der Waals surface area contributed by atoms with Gasteiger partial charge < -0.3 is 8.98 Å². The summed E-state index contributed by atoms with van der Waals surface area (Å²) in [5.41, 5.74) is 7.52. The van der Waals surface area contributed by atoms with E-state index in [1.54, 1.807) is 11.3 Å². The third-order valence-corrected chi connectivity index (χ3v) is 9.89. The maximum Gasteiger partial charge on any atom is 0.137 e. The predicted octanol–water partition coefficient (Wildman–Crippen LogP) is 11.3. The van der Waals surface area contributed by atoms with Gasteiger partial charge in [0.05, 0.1) is 32.3 Å². The summed E-state index contributed by atoms with van der Waals surface area (Å²) in [5, 5.41) is 10.7. The zero-order valence-corrected chi connectivity index (χ0v) is 23.7. The van der Waals surface area contributed by atoms with Gasteiger partial charge in [-0.25, -0.2) is 4.98 Å². The average molecular weight is 567 g/mol. The highest BCUT2D eigenvalue weighted by Gasteiger charge is 2.19. The fourth-order valence-corrected chi connectivity index (χ4v) is 7.99. The topological polar surface area (TPSA) is 31.0 Å². The molecule has 3 aromatic heterocycles. The number of nitrogens with zero attached hydrogens (tertiary/aromatic N) is 2. The highest BCUT2D eigenvalue weighted by Crippen LogP contribution is 2.43. The Kier molecular flexibility index (Phi) is 4.60. The minimum atomic E-state index is 0.879. The maximum atomic E-state index is 6.16. The fraction of sp³-hybridized carbons (Fsp3) is 0. The third kappa shape index (κ3) is 3.16. The lowest BCUT2D eigenvalue weighted by Gasteiger charge is -2.14. The average Bonchev–Trinajstić information content (AvgIpc) is 3.76. The van der Waals surface area contributed by atoms with Gasteiger partial charge in [0.1, 0.15) is 16.2 Å². The molecule has 0 saturated carbocycles. The molecule has 0 aliphatic rings. The maximum absolute atomic E-state index is 6.16. The number of benzene rings is 7. The van der Waals surface area contributed by atoms with Crippen LogP contribution in [-0.2, 0) is 0 Å². The lowest BCUT2D eigenvalue weighted by molar-refractivity contribution is 0.669. The van der Waals surface area contributed by atoms with Crippen LogP contribution in [0.2, 0.25) is 0 Å². The van der Waals surface area contributed by atoms with Gasteiger partial charge in [0.15, 0.2) is 0 Å². The molecule has 0 unspecified atom stereocenters. The van der Waals surface area contributed by atoms with Crippen LogP contribution in [-0.4, -0.2) is 9.55 Å². The summed E-state index contributed by atoms with van der Waals surface area (Å²) in [6, 6.07) is 47.7. The van der Waals surface area contributed by atoms with Crippen LogP contribution in [0.4, 0.5) is 0 Å². The number of rotatable bonds is 2. The number of fused-ring (bicyclic) bond motifs is 11. The molecule has 7 aromatic carbocycles. The number of hydrogen-bond donors (Lipinski definition) is 0. The second kappa shape index (κ2) is 8.54. The molecule has 0 atom stereocenters. The van der Waals surface area contributed by atoms with Gasteiger partial charge in [-0.2, -0.15) is 0 Å². The zero-order valence-electron chi connectivity index (χ0n) is 22.9. The number of furan rings is 1. The second-order valence-electron chi connectivity index (χ2n) is 11.1. The standard InChI is InChI=1S/C39H22N2OS/c1-2-10-24-23(9-1)17-19-32-36(24)28-13-5-7-15-30(28)41(32)31-20-18-27(25-11-3-4-12-26(25)31)39-40-38-35(43-39)22-21-34-37(38)29-14-6-8-16-33(29)42-34/h1-22H. The van der Waals surface area contributed by atoms with Crippen LogP contribution in [0.5, 0.6) is 0 Å². The quantitative estimate of drug-likeness (QED) is 0.208. The largest absolute Gasteiger partial charge is 0.456 e. The normalized spacial score (nSPS) is 12.2. The highest BCUT2D eigenvalue weighted by molar-refractivity contribution is 7.21. The van der Waals surface area contributed by atoms with Gasteiger partial charge in [-0.15, -0.1) is 11.3 Å². The Hall–Kier alpha value is -5.45. The molecule has 0 radical (unpaired) electrons. The highest BCUT2D eigenvalue weighted by atomic mass is 32.1. The van der Waals surface area contributed by atoms with Crippen molar-refractivity contribution in [2.24, 2.45) is 0 Å². The molecule has 3 nitrogen and oxygen atoms in total. The molecule has 10 rings (SSSR count). The Labute approximate surface area is 249 Å². The lowest BCUT2D eigenvalue weighted by Crippen LogP contribution is -1.96. The first-order chi connectivity index (χ1) is 21.3. The first-order valence-electron chi connectivity index (χ1n) is 14.5. The molecular formula is C39H22N2OS. The first kappa shape index (κ1) is 23.1. The van der Waals surface area contributed by atoms with Crippen LogP contribution in [0.25, 0.3) is 91.8 Å². The SMILES string of the molecule is c1ccc2c(c1)ccc1c2c2ccccc2n1-c1ccc(-c2nc3c(ccc4oc5ccccc5c43)s2)c2ccccc12. The Morgan fingerprint density at radius 2 is 1.26 bits per heavy atom. The van der Waals surface area contributed by atoms with Crippen LogP contribution < -0.4 is 0 Å². The van der Waals surface area contributed by atoms with E-state index in [4.69, 9.17) is 9.40 Å². The van der Waals surface area contributed by atoms with Crippen molar-refractivity contribution in [1.29, 1.82) is 0 Å². The van der Waals surface area contributed by atoms with Crippen molar-refractivity contribution < 1.29 is 4.42 Å². The number of hydrogen-bond acceptors (Lipinski definition) is 3. The van der Waals surface area contributed by atoms with E-state index < -0.39 is 0 Å². The van der Waals surface area contributed by atoms with E-state index in [-0.39, 0.29) is 0 Å². The summed E-state index contributed by atoms with van der Waals surface area (Å²) >= 11 is 1.74. The summed E-state index contributed by atoms with van der Waals surface area (Å²) in [6.45, 7) is 0. The molecule has 43 heavy (non-hydrogen) atoms. The first-order valence-corrected chi connectivity index (χ1v) is 15.3. The van der Waals surface area contributed by atoms with Crippen LogP contribution in [0.1, 0.15) is 0 Å². The molecule has 0 aliphatic heterocycles. The lowest BCUT2D eigenvalue weighted by atomic mass is 10.0. The Bertz CT molecular complexity index is 2740. The molecule has 0 N–H and O–H groups in total. The number of aromatic nitrogens is 2. The minimum absolute atomic E-state index is 0.879. The molecule has 0 bridgehead atoms. The summed E-state index contributed by atoms with van der Waals surface area (Å²) in [6.07, 6.45) is 0. The van der Waals surface area contributed by atoms with Gasteiger partial charge >= 0.3 is 0 Å². The van der Waals surface area contributed by atoms with Crippen molar-refractivity contribution in [3.05, 3.63) is 133 Å². The van der Waals surface area contributed by atoms with Gasteiger partial charge in [0, 0.05) is 27.1 Å². The second-order valence-corrected chi connectivity index (χ2v) is 12.1. The van der Waals surface area contributed by atoms with E-state index in [0.29, 0.717) is 0 Å². The van der Waals surface area contributed by atoms with E-state index in [0.717, 1.165) is 42.7 Å². The van der Waals surface area contributed by atoms with Gasteiger partial charge in [0.25, 0.3) is 0 Å². The van der Waals surface area contributed by atoms with E-state index in [1.165, 1.54) is 49.0 Å². The summed E-state index contributed by atoms with van der Waals surface area (Å²) in [7, 11) is 0. The Morgan fingerprint density at radius 3 is 2.16 bits per heavy atom. The molecule has 200 valence electrons. The summed E-state index contributed by atoms with van der Waals surface area (Å²) in [4.78, 5) is 5.26. The molecule has 3 heterocycles. The molecule has 0 saturated heterocycles. The van der Waals surface area contributed by atoms with Crippen molar-refractivity contribution in [2.75, 3.05) is 0 Å². The van der Waals surface area contributed by atoms with Crippen LogP contribution in [0.3, 0.4) is 0 Å². The number of thiazole rings is 1. The van der Waals surface area contributed by atoms with E-state index in [2.05, 4.69) is 126 Å².